The second-order valence-electron chi connectivity index (χ2n) is 4.22. The number of carboxylic acids is 1. The largest absolute Gasteiger partial charge is 0.480 e. The molecule has 114 valence electrons. The number of rotatable bonds is 5. The maximum atomic E-state index is 13.6. The number of hydrogen-bond donors (Lipinski definition) is 1. The van der Waals surface area contributed by atoms with Gasteiger partial charge in [0, 0.05) is 19.2 Å². The summed E-state index contributed by atoms with van der Waals surface area (Å²) in [6, 6.07) is -0.542. The lowest BCUT2D eigenvalue weighted by molar-refractivity contribution is -0.387. The van der Waals surface area contributed by atoms with E-state index in [-0.39, 0.29) is 12.5 Å². The van der Waals surface area contributed by atoms with E-state index in [2.05, 4.69) is 0 Å². The van der Waals surface area contributed by atoms with Crippen molar-refractivity contribution < 1.29 is 28.4 Å². The van der Waals surface area contributed by atoms with Gasteiger partial charge in [-0.1, -0.05) is 6.92 Å². The predicted octanol–water partition coefficient (Wildman–Crippen LogP) is 1.81. The van der Waals surface area contributed by atoms with Gasteiger partial charge >= 0.3 is 11.7 Å². The number of amides is 1. The van der Waals surface area contributed by atoms with Crippen LogP contribution in [0.25, 0.3) is 0 Å². The zero-order valence-corrected chi connectivity index (χ0v) is 11.2. The van der Waals surface area contributed by atoms with Crippen LogP contribution in [0.5, 0.6) is 0 Å². The lowest BCUT2D eigenvalue weighted by Gasteiger charge is -2.23. The number of benzene rings is 1. The van der Waals surface area contributed by atoms with E-state index >= 15 is 0 Å². The Bertz CT molecular complexity index is 606. The molecule has 1 N–H and O–H groups in total. The fourth-order valence-electron chi connectivity index (χ4n) is 1.79. The Morgan fingerprint density at radius 3 is 2.38 bits per heavy atom. The molecule has 0 saturated heterocycles. The van der Waals surface area contributed by atoms with Gasteiger partial charge in [-0.2, -0.15) is 4.39 Å². The number of nitrogens with zero attached hydrogens (tertiary/aromatic N) is 2. The number of likely N-dealkylation sites (N-methyl/N-ethyl adjacent to an activating group) is 1. The van der Waals surface area contributed by atoms with Crippen molar-refractivity contribution in [1.29, 1.82) is 0 Å². The summed E-state index contributed by atoms with van der Waals surface area (Å²) in [5.41, 5.74) is -1.82. The van der Waals surface area contributed by atoms with E-state index in [1.807, 2.05) is 0 Å². The molecule has 0 aromatic heterocycles. The number of nitro benzene ring substituents is 1. The molecular formula is C12H12F2N2O5. The van der Waals surface area contributed by atoms with Crippen molar-refractivity contribution in [2.45, 2.75) is 19.4 Å². The molecule has 0 aliphatic heterocycles. The number of hydrogen-bond acceptors (Lipinski definition) is 4. The Hall–Kier alpha value is -2.58. The van der Waals surface area contributed by atoms with Crippen molar-refractivity contribution >= 4 is 17.6 Å². The summed E-state index contributed by atoms with van der Waals surface area (Å²) in [7, 11) is 1.12. The summed E-state index contributed by atoms with van der Waals surface area (Å²) in [6.45, 7) is 1.51. The maximum absolute atomic E-state index is 13.6. The zero-order valence-electron chi connectivity index (χ0n) is 11.2. The van der Waals surface area contributed by atoms with Crippen LogP contribution in [0, 0.1) is 21.7 Å². The molecule has 21 heavy (non-hydrogen) atoms. The van der Waals surface area contributed by atoms with Crippen LogP contribution in [0.3, 0.4) is 0 Å². The predicted molar refractivity (Wildman–Crippen MR) is 66.8 cm³/mol. The third-order valence-corrected chi connectivity index (χ3v) is 2.92. The molecule has 9 heteroatoms. The fraction of sp³-hybridized carbons (Fsp3) is 0.333. The maximum Gasteiger partial charge on any atom is 0.326 e. The minimum Gasteiger partial charge on any atom is -0.480 e. The fourth-order valence-corrected chi connectivity index (χ4v) is 1.79. The molecule has 0 bridgehead atoms. The summed E-state index contributed by atoms with van der Waals surface area (Å²) in [5.74, 6) is -5.09. The number of nitro groups is 1. The van der Waals surface area contributed by atoms with Gasteiger partial charge in [-0.15, -0.1) is 0 Å². The first-order chi connectivity index (χ1) is 9.70. The molecular weight excluding hydrogens is 290 g/mol. The van der Waals surface area contributed by atoms with Gasteiger partial charge in [0.15, 0.2) is 0 Å². The second kappa shape index (κ2) is 6.25. The van der Waals surface area contributed by atoms with Gasteiger partial charge in [0.1, 0.15) is 11.9 Å². The van der Waals surface area contributed by atoms with Gasteiger partial charge in [0.05, 0.1) is 10.5 Å². The minimum absolute atomic E-state index is 0.0580. The van der Waals surface area contributed by atoms with E-state index in [0.717, 1.165) is 11.9 Å². The van der Waals surface area contributed by atoms with Crippen LogP contribution in [-0.2, 0) is 4.79 Å². The van der Waals surface area contributed by atoms with Crippen LogP contribution in [0.1, 0.15) is 23.7 Å². The average Bonchev–Trinajstić information content (AvgIpc) is 2.37. The minimum atomic E-state index is -1.41. The zero-order chi connectivity index (χ0) is 16.3. The van der Waals surface area contributed by atoms with Crippen LogP contribution in [0.2, 0.25) is 0 Å². The topological polar surface area (TPSA) is 101 Å². The SMILES string of the molecule is CCC(C(=O)O)N(C)C(=O)c1cc([N+](=O)[O-])c(F)cc1F. The molecule has 1 amide bonds. The summed E-state index contributed by atoms with van der Waals surface area (Å²) >= 11 is 0. The van der Waals surface area contributed by atoms with Crippen LogP contribution in [0.4, 0.5) is 14.5 Å². The van der Waals surface area contributed by atoms with Gasteiger partial charge in [0.25, 0.3) is 5.91 Å². The van der Waals surface area contributed by atoms with E-state index in [1.165, 1.54) is 6.92 Å². The summed E-state index contributed by atoms with van der Waals surface area (Å²) in [4.78, 5) is 33.2. The van der Waals surface area contributed by atoms with E-state index in [1.54, 1.807) is 0 Å². The molecule has 1 aromatic rings. The number of halogens is 2. The van der Waals surface area contributed by atoms with Crippen molar-refractivity contribution in [3.8, 4) is 0 Å². The molecule has 0 aliphatic carbocycles. The Morgan fingerprint density at radius 2 is 1.95 bits per heavy atom. The summed E-state index contributed by atoms with van der Waals surface area (Å²) in [5, 5.41) is 19.5. The molecule has 0 saturated carbocycles. The highest BCUT2D eigenvalue weighted by molar-refractivity contribution is 5.97. The third kappa shape index (κ3) is 3.30. The molecule has 1 atom stereocenters. The molecule has 0 spiro atoms. The van der Waals surface area contributed by atoms with Crippen LogP contribution < -0.4 is 0 Å². The number of carbonyl (C=O) groups is 2. The smallest absolute Gasteiger partial charge is 0.326 e. The molecule has 0 radical (unpaired) electrons. The van der Waals surface area contributed by atoms with Gasteiger partial charge in [-0.05, 0) is 6.42 Å². The molecule has 1 aromatic carbocycles. The van der Waals surface area contributed by atoms with Crippen molar-refractivity contribution in [3.63, 3.8) is 0 Å². The molecule has 1 unspecified atom stereocenters. The van der Waals surface area contributed by atoms with Crippen molar-refractivity contribution in [2.75, 3.05) is 7.05 Å². The Labute approximate surface area is 117 Å². The van der Waals surface area contributed by atoms with Gasteiger partial charge in [0.2, 0.25) is 5.82 Å². The van der Waals surface area contributed by atoms with Gasteiger partial charge in [-0.3, -0.25) is 14.9 Å². The highest BCUT2D eigenvalue weighted by Crippen LogP contribution is 2.23. The molecule has 1 rings (SSSR count). The lowest BCUT2D eigenvalue weighted by Crippen LogP contribution is -2.42. The molecule has 0 heterocycles. The van der Waals surface area contributed by atoms with Crippen LogP contribution >= 0.6 is 0 Å². The lowest BCUT2D eigenvalue weighted by atomic mass is 10.1. The van der Waals surface area contributed by atoms with E-state index in [4.69, 9.17) is 5.11 Å². The number of aliphatic carboxylic acids is 1. The number of carbonyl (C=O) groups excluding carboxylic acids is 1. The molecule has 7 nitrogen and oxygen atoms in total. The van der Waals surface area contributed by atoms with Crippen molar-refractivity contribution in [2.24, 2.45) is 0 Å². The summed E-state index contributed by atoms with van der Waals surface area (Å²) < 4.78 is 26.8. The molecule has 0 fully saturated rings. The monoisotopic (exact) mass is 302 g/mol. The van der Waals surface area contributed by atoms with Crippen molar-refractivity contribution in [1.82, 2.24) is 4.90 Å². The van der Waals surface area contributed by atoms with E-state index in [9.17, 15) is 28.5 Å². The number of carboxylic acid groups (broad SMARTS) is 1. The Kier molecular flexibility index (Phi) is 4.90. The standard InChI is InChI=1S/C12H12F2N2O5/c1-3-9(12(18)19)15(2)11(17)6-4-10(16(20)21)8(14)5-7(6)13/h4-5,9H,3H2,1-2H3,(H,18,19). The van der Waals surface area contributed by atoms with Crippen molar-refractivity contribution in [3.05, 3.63) is 39.4 Å². The van der Waals surface area contributed by atoms with Crippen LogP contribution in [0.15, 0.2) is 12.1 Å². The highest BCUT2D eigenvalue weighted by atomic mass is 19.1. The third-order valence-electron chi connectivity index (χ3n) is 2.92. The second-order valence-corrected chi connectivity index (χ2v) is 4.22. The first-order valence-electron chi connectivity index (χ1n) is 5.84. The van der Waals surface area contributed by atoms with Gasteiger partial charge in [-0.25, -0.2) is 9.18 Å². The Morgan fingerprint density at radius 1 is 1.38 bits per heavy atom. The first-order valence-corrected chi connectivity index (χ1v) is 5.84. The summed E-state index contributed by atoms with van der Waals surface area (Å²) in [6.07, 6.45) is 0.0580. The van der Waals surface area contributed by atoms with Crippen LogP contribution in [-0.4, -0.2) is 39.9 Å². The van der Waals surface area contributed by atoms with Gasteiger partial charge < -0.3 is 10.0 Å². The van der Waals surface area contributed by atoms with E-state index in [0.29, 0.717) is 6.07 Å². The van der Waals surface area contributed by atoms with E-state index < -0.39 is 45.7 Å². The normalized spacial score (nSPS) is 11.8. The highest BCUT2D eigenvalue weighted by Gasteiger charge is 2.29. The first kappa shape index (κ1) is 16.5. The Balaban J connectivity index is 3.27. The average molecular weight is 302 g/mol. The molecule has 0 aliphatic rings. The quantitative estimate of drug-likeness (QED) is 0.660.